The SMILES string of the molecule is Cc1cc(N(c2ccc3c(c2)-c2ccccc2C3(C)C)c2cccc3c2C(C)(C)c2ccccc2-3)ccc1-c1ccc2oc3ccccc3c2c1. The van der Waals surface area contributed by atoms with E-state index in [1.807, 2.05) is 12.1 Å². The zero-order valence-corrected chi connectivity index (χ0v) is 29.7. The van der Waals surface area contributed by atoms with Crippen molar-refractivity contribution in [1.82, 2.24) is 0 Å². The average molecular weight is 658 g/mol. The van der Waals surface area contributed by atoms with E-state index in [0.717, 1.165) is 27.6 Å². The normalized spacial score (nSPS) is 14.7. The van der Waals surface area contributed by atoms with Crippen LogP contribution in [0.2, 0.25) is 0 Å². The van der Waals surface area contributed by atoms with Gasteiger partial charge in [0.05, 0.1) is 5.69 Å². The van der Waals surface area contributed by atoms with E-state index in [1.54, 1.807) is 0 Å². The number of furan rings is 1. The Labute approximate surface area is 299 Å². The van der Waals surface area contributed by atoms with E-state index < -0.39 is 0 Å². The number of aryl methyl sites for hydroxylation is 1. The highest BCUT2D eigenvalue weighted by atomic mass is 16.3. The molecular formula is C49H39NO. The predicted octanol–water partition coefficient (Wildman–Crippen LogP) is 13.6. The smallest absolute Gasteiger partial charge is 0.135 e. The average Bonchev–Trinajstić information content (AvgIpc) is 3.71. The molecule has 2 aliphatic rings. The molecule has 10 rings (SSSR count). The van der Waals surface area contributed by atoms with Crippen LogP contribution in [0.1, 0.15) is 55.5 Å². The largest absolute Gasteiger partial charge is 0.456 e. The highest BCUT2D eigenvalue weighted by Crippen LogP contribution is 2.56. The summed E-state index contributed by atoms with van der Waals surface area (Å²) >= 11 is 0. The summed E-state index contributed by atoms with van der Waals surface area (Å²) in [5.74, 6) is 0. The number of benzene rings is 7. The van der Waals surface area contributed by atoms with Gasteiger partial charge in [-0.1, -0.05) is 125 Å². The number of para-hydroxylation sites is 1. The summed E-state index contributed by atoms with van der Waals surface area (Å²) in [6.07, 6.45) is 0. The molecule has 8 aromatic rings. The quantitative estimate of drug-likeness (QED) is 0.187. The van der Waals surface area contributed by atoms with Gasteiger partial charge in [-0.05, 0) is 117 Å². The lowest BCUT2D eigenvalue weighted by molar-refractivity contribution is 0.660. The van der Waals surface area contributed by atoms with Crippen molar-refractivity contribution in [2.75, 3.05) is 4.90 Å². The summed E-state index contributed by atoms with van der Waals surface area (Å²) < 4.78 is 6.16. The molecule has 246 valence electrons. The molecule has 2 aliphatic carbocycles. The molecule has 0 saturated heterocycles. The fourth-order valence-corrected chi connectivity index (χ4v) is 9.28. The molecule has 2 nitrogen and oxygen atoms in total. The monoisotopic (exact) mass is 657 g/mol. The van der Waals surface area contributed by atoms with Crippen molar-refractivity contribution in [2.24, 2.45) is 0 Å². The maximum absolute atomic E-state index is 6.16. The van der Waals surface area contributed by atoms with Crippen LogP contribution in [0.15, 0.2) is 150 Å². The Bertz CT molecular complexity index is 2720. The van der Waals surface area contributed by atoms with Gasteiger partial charge >= 0.3 is 0 Å². The maximum atomic E-state index is 6.16. The molecule has 51 heavy (non-hydrogen) atoms. The van der Waals surface area contributed by atoms with Crippen LogP contribution in [0.5, 0.6) is 0 Å². The lowest BCUT2D eigenvalue weighted by Crippen LogP contribution is -2.21. The van der Waals surface area contributed by atoms with Gasteiger partial charge in [0.2, 0.25) is 0 Å². The summed E-state index contributed by atoms with van der Waals surface area (Å²) in [6.45, 7) is 11.7. The molecule has 0 unspecified atom stereocenters. The Hall–Kier alpha value is -5.86. The molecule has 0 fully saturated rings. The van der Waals surface area contributed by atoms with E-state index >= 15 is 0 Å². The second kappa shape index (κ2) is 10.6. The van der Waals surface area contributed by atoms with E-state index in [9.17, 15) is 0 Å². The van der Waals surface area contributed by atoms with Gasteiger partial charge < -0.3 is 9.32 Å². The lowest BCUT2D eigenvalue weighted by atomic mass is 9.81. The number of nitrogens with zero attached hydrogens (tertiary/aromatic N) is 1. The van der Waals surface area contributed by atoms with Crippen LogP contribution in [0.25, 0.3) is 55.3 Å². The number of anilines is 3. The fraction of sp³-hybridized carbons (Fsp3) is 0.143. The minimum atomic E-state index is -0.163. The number of hydrogen-bond donors (Lipinski definition) is 0. The van der Waals surface area contributed by atoms with E-state index in [0.29, 0.717) is 0 Å². The van der Waals surface area contributed by atoms with Gasteiger partial charge in [-0.2, -0.15) is 0 Å². The molecule has 0 aliphatic heterocycles. The Morgan fingerprint density at radius 3 is 1.88 bits per heavy atom. The van der Waals surface area contributed by atoms with Gasteiger partial charge in [-0.15, -0.1) is 0 Å². The summed E-state index contributed by atoms with van der Waals surface area (Å²) in [6, 6.07) is 53.7. The summed E-state index contributed by atoms with van der Waals surface area (Å²) in [7, 11) is 0. The molecule has 0 saturated carbocycles. The number of fused-ring (bicyclic) bond motifs is 9. The first-order chi connectivity index (χ1) is 24.7. The van der Waals surface area contributed by atoms with Crippen molar-refractivity contribution >= 4 is 39.0 Å². The van der Waals surface area contributed by atoms with Crippen molar-refractivity contribution in [3.8, 4) is 33.4 Å². The van der Waals surface area contributed by atoms with Crippen molar-refractivity contribution in [3.05, 3.63) is 173 Å². The van der Waals surface area contributed by atoms with Crippen molar-refractivity contribution in [3.63, 3.8) is 0 Å². The first kappa shape index (κ1) is 30.0. The molecule has 0 radical (unpaired) electrons. The third kappa shape index (κ3) is 4.23. The molecule has 1 aromatic heterocycles. The fourth-order valence-electron chi connectivity index (χ4n) is 9.28. The van der Waals surface area contributed by atoms with Crippen LogP contribution in [-0.4, -0.2) is 0 Å². The van der Waals surface area contributed by atoms with Crippen molar-refractivity contribution in [1.29, 1.82) is 0 Å². The van der Waals surface area contributed by atoms with E-state index in [2.05, 4.69) is 173 Å². The standard InChI is InChI=1S/C49H39NO/c1-30-27-32(22-24-34(30)31-21-26-46-40(28-31)37-15-8-11-20-45(37)51-46)50(33-23-25-43-39(29-33)36-14-7-9-17-41(36)48(43,2)3)44-19-12-16-38-35-13-6-10-18-42(35)49(4,5)47(38)44/h6-29H,1-5H3. The minimum Gasteiger partial charge on any atom is -0.456 e. The zero-order chi connectivity index (χ0) is 34.6. The van der Waals surface area contributed by atoms with Crippen LogP contribution in [0.3, 0.4) is 0 Å². The summed E-state index contributed by atoms with van der Waals surface area (Å²) in [4.78, 5) is 2.50. The molecule has 2 heteroatoms. The Balaban J connectivity index is 1.17. The molecule has 1 heterocycles. The first-order valence-electron chi connectivity index (χ1n) is 18.0. The maximum Gasteiger partial charge on any atom is 0.135 e. The highest BCUT2D eigenvalue weighted by molar-refractivity contribution is 6.06. The van der Waals surface area contributed by atoms with Gasteiger partial charge in [0.25, 0.3) is 0 Å². The van der Waals surface area contributed by atoms with Crippen molar-refractivity contribution < 1.29 is 4.42 Å². The molecule has 0 spiro atoms. The molecule has 0 N–H and O–H groups in total. The summed E-state index contributed by atoms with van der Waals surface area (Å²) in [5, 5.41) is 2.30. The van der Waals surface area contributed by atoms with Crippen LogP contribution < -0.4 is 4.90 Å². The summed E-state index contributed by atoms with van der Waals surface area (Å²) in [5.41, 5.74) is 19.6. The topological polar surface area (TPSA) is 16.4 Å². The Morgan fingerprint density at radius 1 is 0.451 bits per heavy atom. The number of rotatable bonds is 4. The molecule has 0 amide bonds. The molecular weight excluding hydrogens is 619 g/mol. The van der Waals surface area contributed by atoms with Gasteiger partial charge in [0.15, 0.2) is 0 Å². The Morgan fingerprint density at radius 2 is 1.08 bits per heavy atom. The second-order valence-electron chi connectivity index (χ2n) is 15.4. The van der Waals surface area contributed by atoms with Crippen LogP contribution >= 0.6 is 0 Å². The number of hydrogen-bond acceptors (Lipinski definition) is 2. The molecule has 0 bridgehead atoms. The third-order valence-corrected chi connectivity index (χ3v) is 11.8. The molecule has 0 atom stereocenters. The minimum absolute atomic E-state index is 0.0490. The van der Waals surface area contributed by atoms with Crippen LogP contribution in [0, 0.1) is 6.92 Å². The van der Waals surface area contributed by atoms with Crippen LogP contribution in [0.4, 0.5) is 17.1 Å². The highest BCUT2D eigenvalue weighted by Gasteiger charge is 2.40. The molecule has 7 aromatic carbocycles. The van der Waals surface area contributed by atoms with Gasteiger partial charge in [-0.25, -0.2) is 0 Å². The van der Waals surface area contributed by atoms with Gasteiger partial charge in [0.1, 0.15) is 11.2 Å². The van der Waals surface area contributed by atoms with Gasteiger partial charge in [0, 0.05) is 33.0 Å². The zero-order valence-electron chi connectivity index (χ0n) is 29.7. The lowest BCUT2D eigenvalue weighted by Gasteiger charge is -2.33. The van der Waals surface area contributed by atoms with Gasteiger partial charge in [-0.3, -0.25) is 0 Å². The third-order valence-electron chi connectivity index (χ3n) is 11.8. The Kier molecular flexibility index (Phi) is 6.22. The van der Waals surface area contributed by atoms with Crippen molar-refractivity contribution in [2.45, 2.75) is 45.4 Å². The predicted molar refractivity (Wildman–Crippen MR) is 214 cm³/mol. The van der Waals surface area contributed by atoms with Crippen LogP contribution in [-0.2, 0) is 10.8 Å². The van der Waals surface area contributed by atoms with E-state index in [4.69, 9.17) is 4.42 Å². The second-order valence-corrected chi connectivity index (χ2v) is 15.4. The van der Waals surface area contributed by atoms with E-state index in [1.165, 1.54) is 72.6 Å². The first-order valence-corrected chi connectivity index (χ1v) is 18.0. The van der Waals surface area contributed by atoms with E-state index in [-0.39, 0.29) is 10.8 Å².